The van der Waals surface area contributed by atoms with Crippen LogP contribution < -0.4 is 16.0 Å². The van der Waals surface area contributed by atoms with Gasteiger partial charge in [0.15, 0.2) is 0 Å². The van der Waals surface area contributed by atoms with Crippen molar-refractivity contribution in [2.45, 2.75) is 38.5 Å². The van der Waals surface area contributed by atoms with Crippen molar-refractivity contribution in [3.8, 4) is 16.5 Å². The van der Waals surface area contributed by atoms with Crippen molar-refractivity contribution in [1.29, 1.82) is 0 Å². The topological polar surface area (TPSA) is 109 Å². The lowest BCUT2D eigenvalue weighted by Crippen LogP contribution is -2.33. The van der Waals surface area contributed by atoms with Crippen molar-refractivity contribution in [2.24, 2.45) is 0 Å². The molecule has 1 aliphatic heterocycles. The van der Waals surface area contributed by atoms with Gasteiger partial charge in [-0.15, -0.1) is 11.3 Å². The number of hydrogen-bond donors (Lipinski definition) is 1. The summed E-state index contributed by atoms with van der Waals surface area (Å²) >= 11 is 1.31. The van der Waals surface area contributed by atoms with Crippen LogP contribution in [0.3, 0.4) is 0 Å². The number of hydrogen-bond acceptors (Lipinski definition) is 8. The Hall–Kier alpha value is -3.21. The molecule has 4 aromatic rings. The molecule has 4 heterocycles. The van der Waals surface area contributed by atoms with E-state index in [1.165, 1.54) is 17.6 Å². The summed E-state index contributed by atoms with van der Waals surface area (Å²) in [7, 11) is 1.61. The zero-order chi connectivity index (χ0) is 23.7. The summed E-state index contributed by atoms with van der Waals surface area (Å²) in [6, 6.07) is 7.62. The molecule has 5 rings (SSSR count). The van der Waals surface area contributed by atoms with Crippen molar-refractivity contribution in [3.05, 3.63) is 68.7 Å². The van der Waals surface area contributed by atoms with Gasteiger partial charge in [-0.2, -0.15) is 0 Å². The Balaban J connectivity index is 1.62. The fourth-order valence-corrected chi connectivity index (χ4v) is 5.59. The average molecular weight is 484 g/mol. The Morgan fingerprint density at radius 2 is 2.06 bits per heavy atom. The molecule has 178 valence electrons. The minimum Gasteiger partial charge on any atom is -0.496 e. The predicted octanol–water partition coefficient (Wildman–Crippen LogP) is 3.66. The molecule has 1 aromatic carbocycles. The normalized spacial score (nSPS) is 15.6. The number of aromatic amines is 1. The molecule has 0 spiro atoms. The number of H-pyrrole nitrogens is 1. The van der Waals surface area contributed by atoms with Crippen LogP contribution in [0.15, 0.2) is 50.7 Å². The molecule has 1 N–H and O–H groups in total. The number of aryl methyl sites for hydroxylation is 1. The maximum absolute atomic E-state index is 13.0. The Kier molecular flexibility index (Phi) is 6.36. The molecular formula is C24H25N3O6S. The first-order chi connectivity index (χ1) is 16.6. The molecule has 0 radical (unpaired) electrons. The predicted molar refractivity (Wildman–Crippen MR) is 128 cm³/mol. The second kappa shape index (κ2) is 9.57. The molecule has 1 saturated heterocycles. The van der Waals surface area contributed by atoms with E-state index < -0.39 is 17.4 Å². The number of benzene rings is 1. The van der Waals surface area contributed by atoms with Gasteiger partial charge in [-0.1, -0.05) is 18.2 Å². The molecule has 0 saturated carbocycles. The molecule has 1 fully saturated rings. The molecule has 1 atom stereocenters. The third-order valence-electron chi connectivity index (χ3n) is 6.05. The monoisotopic (exact) mass is 483 g/mol. The van der Waals surface area contributed by atoms with Crippen molar-refractivity contribution in [2.75, 3.05) is 20.3 Å². The van der Waals surface area contributed by atoms with Gasteiger partial charge in [0.1, 0.15) is 22.9 Å². The van der Waals surface area contributed by atoms with E-state index in [0.29, 0.717) is 39.9 Å². The van der Waals surface area contributed by atoms with Gasteiger partial charge in [-0.25, -0.2) is 9.78 Å². The minimum absolute atomic E-state index is 0.00873. The van der Waals surface area contributed by atoms with Gasteiger partial charge in [0.05, 0.1) is 36.2 Å². The first-order valence-corrected chi connectivity index (χ1v) is 11.9. The highest BCUT2D eigenvalue weighted by molar-refractivity contribution is 7.22. The van der Waals surface area contributed by atoms with Crippen LogP contribution in [0.2, 0.25) is 0 Å². The Bertz CT molecular complexity index is 1400. The quantitative estimate of drug-likeness (QED) is 0.427. The number of methoxy groups -OCH3 is 1. The number of oxazole rings is 1. The average Bonchev–Trinajstić information content (AvgIpc) is 3.50. The maximum atomic E-state index is 13.0. The molecular weight excluding hydrogens is 458 g/mol. The van der Waals surface area contributed by atoms with Gasteiger partial charge in [-0.05, 0) is 31.4 Å². The molecule has 34 heavy (non-hydrogen) atoms. The third kappa shape index (κ3) is 4.20. The van der Waals surface area contributed by atoms with Crippen LogP contribution >= 0.6 is 11.3 Å². The summed E-state index contributed by atoms with van der Waals surface area (Å²) < 4.78 is 24.6. The van der Waals surface area contributed by atoms with Crippen LogP contribution in [0, 0.1) is 6.92 Å². The van der Waals surface area contributed by atoms with E-state index in [0.717, 1.165) is 24.0 Å². The number of fused-ring (bicyclic) bond motifs is 1. The van der Waals surface area contributed by atoms with E-state index in [9.17, 15) is 9.59 Å². The van der Waals surface area contributed by atoms with E-state index in [-0.39, 0.29) is 12.6 Å². The lowest BCUT2D eigenvalue weighted by atomic mass is 10.1. The van der Waals surface area contributed by atoms with Crippen molar-refractivity contribution in [3.63, 3.8) is 0 Å². The molecule has 0 unspecified atom stereocenters. The molecule has 0 bridgehead atoms. The molecule has 10 heteroatoms. The smallest absolute Gasteiger partial charge is 0.329 e. The highest BCUT2D eigenvalue weighted by atomic mass is 32.1. The van der Waals surface area contributed by atoms with Crippen molar-refractivity contribution >= 4 is 21.6 Å². The number of nitrogens with one attached hydrogen (secondary N) is 1. The maximum Gasteiger partial charge on any atom is 0.329 e. The van der Waals surface area contributed by atoms with E-state index in [4.69, 9.17) is 18.6 Å². The molecule has 3 aromatic heterocycles. The highest BCUT2D eigenvalue weighted by Gasteiger charge is 2.26. The second-order valence-corrected chi connectivity index (χ2v) is 9.12. The number of para-hydroxylation sites is 1. The van der Waals surface area contributed by atoms with E-state index in [2.05, 4.69) is 9.97 Å². The third-order valence-corrected chi connectivity index (χ3v) is 7.35. The summed E-state index contributed by atoms with van der Waals surface area (Å²) in [5.41, 5.74) is 0.635. The number of rotatable bonds is 7. The van der Waals surface area contributed by atoms with Crippen LogP contribution in [-0.4, -0.2) is 41.0 Å². The number of nitrogens with zero attached hydrogens (tertiary/aromatic N) is 2. The van der Waals surface area contributed by atoms with Gasteiger partial charge in [0.25, 0.3) is 5.56 Å². The lowest BCUT2D eigenvalue weighted by molar-refractivity contribution is -0.0752. The molecule has 0 amide bonds. The highest BCUT2D eigenvalue weighted by Crippen LogP contribution is 2.37. The minimum atomic E-state index is -0.492. The number of ether oxygens (including phenoxy) is 3. The summed E-state index contributed by atoms with van der Waals surface area (Å²) in [6.07, 6.45) is 4.10. The Morgan fingerprint density at radius 3 is 2.79 bits per heavy atom. The van der Waals surface area contributed by atoms with E-state index in [1.54, 1.807) is 17.9 Å². The Labute approximate surface area is 198 Å². The van der Waals surface area contributed by atoms with Crippen molar-refractivity contribution in [1.82, 2.24) is 14.5 Å². The van der Waals surface area contributed by atoms with Gasteiger partial charge in [-0.3, -0.25) is 14.3 Å². The van der Waals surface area contributed by atoms with E-state index >= 15 is 0 Å². The zero-order valence-electron chi connectivity index (χ0n) is 18.9. The van der Waals surface area contributed by atoms with Gasteiger partial charge in [0, 0.05) is 18.8 Å². The second-order valence-electron chi connectivity index (χ2n) is 8.12. The van der Waals surface area contributed by atoms with Crippen LogP contribution in [0.5, 0.6) is 5.75 Å². The standard InChI is InChI=1S/C24H25N3O6S/c1-14-19-21(28)26-24(29)27(23(19)34-20(14)22-25-9-12-32-22)13-18(33-15-7-10-31-11-8-15)16-5-3-4-6-17(16)30-2/h3-6,9,12,15,18H,7-8,10-11,13H2,1-2H3,(H,26,28,29)/t18-/m0/s1. The first-order valence-electron chi connectivity index (χ1n) is 11.1. The summed E-state index contributed by atoms with van der Waals surface area (Å²) in [4.78, 5) is 33.8. The van der Waals surface area contributed by atoms with Crippen LogP contribution in [0.25, 0.3) is 21.0 Å². The van der Waals surface area contributed by atoms with Crippen LogP contribution in [0.4, 0.5) is 0 Å². The van der Waals surface area contributed by atoms with Gasteiger partial charge in [0.2, 0.25) is 5.89 Å². The SMILES string of the molecule is COc1ccccc1[C@H](Cn1c(=O)[nH]c(=O)c2c(C)c(-c3ncco3)sc21)OC1CCOCC1. The summed E-state index contributed by atoms with van der Waals surface area (Å²) in [5.74, 6) is 1.09. The Morgan fingerprint density at radius 1 is 1.26 bits per heavy atom. The largest absolute Gasteiger partial charge is 0.496 e. The lowest BCUT2D eigenvalue weighted by Gasteiger charge is -2.29. The fourth-order valence-electron chi connectivity index (χ4n) is 4.34. The van der Waals surface area contributed by atoms with Gasteiger partial charge >= 0.3 is 5.69 Å². The number of aromatic nitrogens is 3. The van der Waals surface area contributed by atoms with Crippen LogP contribution in [0.1, 0.15) is 30.1 Å². The van der Waals surface area contributed by atoms with Crippen molar-refractivity contribution < 1.29 is 18.6 Å². The fraction of sp³-hybridized carbons (Fsp3) is 0.375. The van der Waals surface area contributed by atoms with Crippen LogP contribution in [-0.2, 0) is 16.0 Å². The molecule has 9 nitrogen and oxygen atoms in total. The number of thiophene rings is 1. The van der Waals surface area contributed by atoms with Gasteiger partial charge < -0.3 is 18.6 Å². The molecule has 1 aliphatic rings. The summed E-state index contributed by atoms with van der Waals surface area (Å²) in [5, 5.41) is 0.447. The first kappa shape index (κ1) is 22.6. The summed E-state index contributed by atoms with van der Waals surface area (Å²) in [6.45, 7) is 3.30. The van der Waals surface area contributed by atoms with E-state index in [1.807, 2.05) is 31.2 Å². The molecule has 0 aliphatic carbocycles. The zero-order valence-corrected chi connectivity index (χ0v) is 19.7.